The van der Waals surface area contributed by atoms with Crippen molar-refractivity contribution in [2.75, 3.05) is 0 Å². The molecule has 0 radical (unpaired) electrons. The van der Waals surface area contributed by atoms with E-state index in [1.165, 1.54) is 4.57 Å². The summed E-state index contributed by atoms with van der Waals surface area (Å²) in [5.41, 5.74) is 1.08. The number of rotatable bonds is 5. The van der Waals surface area contributed by atoms with E-state index in [9.17, 15) is 9.59 Å². The topological polar surface area (TPSA) is 64.0 Å². The number of pyridine rings is 2. The average molecular weight is 319 g/mol. The Morgan fingerprint density at radius 3 is 2.71 bits per heavy atom. The van der Waals surface area contributed by atoms with Crippen molar-refractivity contribution in [3.8, 4) is 0 Å². The number of aromatic nitrogens is 2. The van der Waals surface area contributed by atoms with Gasteiger partial charge >= 0.3 is 0 Å². The summed E-state index contributed by atoms with van der Waals surface area (Å²) in [5.74, 6) is -0.295. The standard InChI is InChI=1S/C19H17N3O2/c1-2-11-22-17(12-15-5-3-4-6-16(15)19(22)24)18(23)21-13-14-7-9-20-10-8-14/h2-10,12H,1,11,13H2,(H,21,23). The van der Waals surface area contributed by atoms with E-state index in [1.807, 2.05) is 30.3 Å². The Hall–Kier alpha value is -3.21. The van der Waals surface area contributed by atoms with Gasteiger partial charge in [-0.3, -0.25) is 19.1 Å². The lowest BCUT2D eigenvalue weighted by molar-refractivity contribution is 0.0941. The highest BCUT2D eigenvalue weighted by Gasteiger charge is 2.14. The first-order valence-electron chi connectivity index (χ1n) is 7.61. The van der Waals surface area contributed by atoms with Crippen LogP contribution in [0.15, 0.2) is 72.3 Å². The second-order valence-corrected chi connectivity index (χ2v) is 5.36. The molecule has 0 aliphatic carbocycles. The first-order chi connectivity index (χ1) is 11.7. The summed E-state index contributed by atoms with van der Waals surface area (Å²) >= 11 is 0. The van der Waals surface area contributed by atoms with Crippen molar-refractivity contribution in [2.45, 2.75) is 13.1 Å². The van der Waals surface area contributed by atoms with E-state index in [0.717, 1.165) is 10.9 Å². The molecule has 2 heterocycles. The van der Waals surface area contributed by atoms with Crippen molar-refractivity contribution in [3.63, 3.8) is 0 Å². The van der Waals surface area contributed by atoms with Gasteiger partial charge in [0.05, 0.1) is 0 Å². The van der Waals surface area contributed by atoms with Crippen LogP contribution < -0.4 is 10.9 Å². The molecule has 0 saturated carbocycles. The van der Waals surface area contributed by atoms with E-state index in [2.05, 4.69) is 16.9 Å². The fourth-order valence-electron chi connectivity index (χ4n) is 2.57. The number of nitrogens with zero attached hydrogens (tertiary/aromatic N) is 2. The first-order valence-corrected chi connectivity index (χ1v) is 7.61. The summed E-state index contributed by atoms with van der Waals surface area (Å²) in [5, 5.41) is 4.18. The summed E-state index contributed by atoms with van der Waals surface area (Å²) < 4.78 is 1.44. The molecule has 0 bridgehead atoms. The smallest absolute Gasteiger partial charge is 0.268 e. The van der Waals surface area contributed by atoms with Crippen molar-refractivity contribution in [1.29, 1.82) is 0 Å². The molecule has 0 aliphatic rings. The van der Waals surface area contributed by atoms with Crippen LogP contribution >= 0.6 is 0 Å². The molecule has 0 aliphatic heterocycles. The minimum absolute atomic E-state index is 0.193. The number of benzene rings is 1. The van der Waals surface area contributed by atoms with Gasteiger partial charge in [-0.05, 0) is 35.2 Å². The highest BCUT2D eigenvalue weighted by atomic mass is 16.2. The van der Waals surface area contributed by atoms with Gasteiger partial charge in [0.15, 0.2) is 0 Å². The fourth-order valence-corrected chi connectivity index (χ4v) is 2.57. The molecule has 0 atom stereocenters. The molecule has 24 heavy (non-hydrogen) atoms. The molecule has 120 valence electrons. The summed E-state index contributed by atoms with van der Waals surface area (Å²) in [6.45, 7) is 4.32. The Kier molecular flexibility index (Phi) is 4.52. The van der Waals surface area contributed by atoms with Crippen LogP contribution in [-0.4, -0.2) is 15.5 Å². The lowest BCUT2D eigenvalue weighted by Crippen LogP contribution is -2.32. The van der Waals surface area contributed by atoms with Gasteiger partial charge in [-0.25, -0.2) is 0 Å². The summed E-state index contributed by atoms with van der Waals surface area (Å²) in [6, 6.07) is 12.6. The minimum Gasteiger partial charge on any atom is -0.347 e. The number of allylic oxidation sites excluding steroid dienone is 1. The van der Waals surface area contributed by atoms with Crippen LogP contribution in [0.25, 0.3) is 10.8 Å². The van der Waals surface area contributed by atoms with Crippen molar-refractivity contribution < 1.29 is 4.79 Å². The summed E-state index contributed by atoms with van der Waals surface area (Å²) in [7, 11) is 0. The molecule has 5 nitrogen and oxygen atoms in total. The molecule has 1 N–H and O–H groups in total. The number of carbonyl (C=O) groups excluding carboxylic acids is 1. The monoisotopic (exact) mass is 319 g/mol. The summed E-state index contributed by atoms with van der Waals surface area (Å²) in [4.78, 5) is 29.2. The van der Waals surface area contributed by atoms with E-state index in [-0.39, 0.29) is 18.0 Å². The van der Waals surface area contributed by atoms with Gasteiger partial charge in [0.1, 0.15) is 5.69 Å². The largest absolute Gasteiger partial charge is 0.347 e. The second kappa shape index (κ2) is 6.91. The average Bonchev–Trinajstić information content (AvgIpc) is 2.63. The lowest BCUT2D eigenvalue weighted by Gasteiger charge is -2.13. The molecule has 0 saturated heterocycles. The van der Waals surface area contributed by atoms with E-state index < -0.39 is 0 Å². The predicted octanol–water partition coefficient (Wildman–Crippen LogP) is 2.51. The third-order valence-corrected chi connectivity index (χ3v) is 3.77. The van der Waals surface area contributed by atoms with Crippen LogP contribution in [0.4, 0.5) is 0 Å². The Morgan fingerprint density at radius 1 is 1.21 bits per heavy atom. The molecule has 0 unspecified atom stereocenters. The molecule has 5 heteroatoms. The zero-order valence-electron chi connectivity index (χ0n) is 13.1. The molecule has 3 rings (SSSR count). The molecule has 0 spiro atoms. The Morgan fingerprint density at radius 2 is 1.96 bits per heavy atom. The fraction of sp³-hybridized carbons (Fsp3) is 0.105. The third kappa shape index (κ3) is 3.10. The van der Waals surface area contributed by atoms with E-state index in [4.69, 9.17) is 0 Å². The van der Waals surface area contributed by atoms with Gasteiger partial charge in [0.25, 0.3) is 11.5 Å². The normalized spacial score (nSPS) is 10.5. The van der Waals surface area contributed by atoms with Crippen molar-refractivity contribution >= 4 is 16.7 Å². The lowest BCUT2D eigenvalue weighted by atomic mass is 10.1. The van der Waals surface area contributed by atoms with Crippen LogP contribution in [0.5, 0.6) is 0 Å². The minimum atomic E-state index is -0.295. The molecule has 3 aromatic rings. The quantitative estimate of drug-likeness (QED) is 0.735. The van der Waals surface area contributed by atoms with E-state index in [0.29, 0.717) is 17.6 Å². The van der Waals surface area contributed by atoms with Gasteiger partial charge < -0.3 is 5.32 Å². The Balaban J connectivity index is 1.97. The van der Waals surface area contributed by atoms with Gasteiger partial charge in [0, 0.05) is 30.9 Å². The molecule has 1 amide bonds. The van der Waals surface area contributed by atoms with Gasteiger partial charge in [-0.15, -0.1) is 6.58 Å². The molecular weight excluding hydrogens is 302 g/mol. The maximum absolute atomic E-state index is 12.6. The van der Waals surface area contributed by atoms with Crippen molar-refractivity contribution in [3.05, 3.63) is 89.1 Å². The van der Waals surface area contributed by atoms with Crippen LogP contribution in [-0.2, 0) is 13.1 Å². The molecule has 0 fully saturated rings. The highest BCUT2D eigenvalue weighted by molar-refractivity contribution is 5.96. The van der Waals surface area contributed by atoms with Crippen LogP contribution in [0.1, 0.15) is 16.1 Å². The van der Waals surface area contributed by atoms with Crippen LogP contribution in [0.3, 0.4) is 0 Å². The number of hydrogen-bond donors (Lipinski definition) is 1. The number of nitrogens with one attached hydrogen (secondary N) is 1. The maximum atomic E-state index is 12.6. The van der Waals surface area contributed by atoms with Crippen molar-refractivity contribution in [2.24, 2.45) is 0 Å². The first kappa shape index (κ1) is 15.7. The number of carbonyl (C=O) groups is 1. The zero-order chi connectivity index (χ0) is 16.9. The predicted molar refractivity (Wildman–Crippen MR) is 93.8 cm³/mol. The summed E-state index contributed by atoms with van der Waals surface area (Å²) in [6.07, 6.45) is 4.95. The molecule has 2 aromatic heterocycles. The van der Waals surface area contributed by atoms with Gasteiger partial charge in [-0.2, -0.15) is 0 Å². The second-order valence-electron chi connectivity index (χ2n) is 5.36. The van der Waals surface area contributed by atoms with Gasteiger partial charge in [-0.1, -0.05) is 24.3 Å². The van der Waals surface area contributed by atoms with Crippen LogP contribution in [0, 0.1) is 0 Å². The van der Waals surface area contributed by atoms with E-state index >= 15 is 0 Å². The molecule has 1 aromatic carbocycles. The number of hydrogen-bond acceptors (Lipinski definition) is 3. The SMILES string of the molecule is C=CCn1c(C(=O)NCc2ccncc2)cc2ccccc2c1=O. The third-order valence-electron chi connectivity index (χ3n) is 3.77. The Labute approximate surface area is 139 Å². The highest BCUT2D eigenvalue weighted by Crippen LogP contribution is 2.12. The zero-order valence-corrected chi connectivity index (χ0v) is 13.1. The number of amides is 1. The van der Waals surface area contributed by atoms with Crippen LogP contribution in [0.2, 0.25) is 0 Å². The van der Waals surface area contributed by atoms with Crippen molar-refractivity contribution in [1.82, 2.24) is 14.9 Å². The van der Waals surface area contributed by atoms with Gasteiger partial charge in [0.2, 0.25) is 0 Å². The van der Waals surface area contributed by atoms with E-state index in [1.54, 1.807) is 30.6 Å². The molecular formula is C19H17N3O2. The number of fused-ring (bicyclic) bond motifs is 1. The Bertz CT molecular complexity index is 946. The maximum Gasteiger partial charge on any atom is 0.268 e.